The van der Waals surface area contributed by atoms with Gasteiger partial charge >= 0.3 is 0 Å². The van der Waals surface area contributed by atoms with Gasteiger partial charge in [-0.25, -0.2) is 4.68 Å². The molecule has 124 valence electrons. The van der Waals surface area contributed by atoms with Gasteiger partial charge in [0.25, 0.3) is 0 Å². The summed E-state index contributed by atoms with van der Waals surface area (Å²) < 4.78 is 1.96. The van der Waals surface area contributed by atoms with Crippen molar-refractivity contribution in [1.82, 2.24) is 9.78 Å². The highest BCUT2D eigenvalue weighted by atomic mass is 35.5. The second-order valence-electron chi connectivity index (χ2n) is 5.81. The fourth-order valence-electron chi connectivity index (χ4n) is 3.15. The zero-order valence-corrected chi connectivity index (χ0v) is 14.1. The Kier molecular flexibility index (Phi) is 5.80. The first-order chi connectivity index (χ1) is 10.7. The van der Waals surface area contributed by atoms with Crippen molar-refractivity contribution in [1.29, 1.82) is 0 Å². The largest absolute Gasteiger partial charge is 0.330 e. The minimum absolute atomic E-state index is 0. The molecule has 1 aliphatic rings. The summed E-state index contributed by atoms with van der Waals surface area (Å²) in [5.74, 6) is 0.733. The number of rotatable bonds is 4. The number of aromatic nitrogens is 2. The number of hydrogen-bond donors (Lipinski definition) is 2. The van der Waals surface area contributed by atoms with Gasteiger partial charge in [0.05, 0.1) is 12.2 Å². The summed E-state index contributed by atoms with van der Waals surface area (Å²) in [5.41, 5.74) is 9.13. The summed E-state index contributed by atoms with van der Waals surface area (Å²) in [7, 11) is 0. The number of carbonyl (C=O) groups excluding carboxylic acids is 1. The molecule has 1 aromatic heterocycles. The fraction of sp³-hybridized carbons (Fsp3) is 0.412. The Morgan fingerprint density at radius 1 is 1.43 bits per heavy atom. The Labute approximate surface area is 142 Å². The van der Waals surface area contributed by atoms with E-state index in [1.165, 1.54) is 11.1 Å². The molecule has 0 saturated carbocycles. The minimum atomic E-state index is -0.0588. The van der Waals surface area contributed by atoms with Gasteiger partial charge in [0.15, 0.2) is 0 Å². The number of hydrogen-bond acceptors (Lipinski definition) is 3. The van der Waals surface area contributed by atoms with E-state index in [1.54, 1.807) is 0 Å². The second-order valence-corrected chi connectivity index (χ2v) is 5.81. The molecule has 1 atom stereocenters. The van der Waals surface area contributed by atoms with Gasteiger partial charge < -0.3 is 11.1 Å². The molecular weight excluding hydrogens is 312 g/mol. The number of anilines is 1. The van der Waals surface area contributed by atoms with E-state index in [1.807, 2.05) is 17.8 Å². The lowest BCUT2D eigenvalue weighted by Gasteiger charge is -2.27. The zero-order valence-electron chi connectivity index (χ0n) is 13.3. The molecule has 3 rings (SSSR count). The van der Waals surface area contributed by atoms with E-state index in [9.17, 15) is 4.79 Å². The van der Waals surface area contributed by atoms with Crippen LogP contribution in [0.3, 0.4) is 0 Å². The van der Waals surface area contributed by atoms with Gasteiger partial charge in [-0.05, 0) is 37.3 Å². The minimum Gasteiger partial charge on any atom is -0.330 e. The van der Waals surface area contributed by atoms with Crippen LogP contribution in [-0.4, -0.2) is 22.2 Å². The lowest BCUT2D eigenvalue weighted by atomic mass is 9.88. The Balaban J connectivity index is 0.00000192. The summed E-state index contributed by atoms with van der Waals surface area (Å²) in [6.07, 6.45) is 5.43. The molecule has 1 aliphatic carbocycles. The summed E-state index contributed by atoms with van der Waals surface area (Å²) in [5, 5.41) is 7.49. The van der Waals surface area contributed by atoms with Gasteiger partial charge in [-0.15, -0.1) is 12.4 Å². The third kappa shape index (κ3) is 3.57. The van der Waals surface area contributed by atoms with Crippen LogP contribution in [0.5, 0.6) is 0 Å². The molecule has 0 spiro atoms. The number of benzene rings is 1. The van der Waals surface area contributed by atoms with Crippen LogP contribution < -0.4 is 11.1 Å². The lowest BCUT2D eigenvalue weighted by Crippen LogP contribution is -2.23. The molecule has 0 fully saturated rings. The molecule has 6 heteroatoms. The van der Waals surface area contributed by atoms with E-state index >= 15 is 0 Å². The normalized spacial score (nSPS) is 16.3. The maximum absolute atomic E-state index is 11.9. The average molecular weight is 335 g/mol. The molecule has 23 heavy (non-hydrogen) atoms. The van der Waals surface area contributed by atoms with Gasteiger partial charge in [-0.1, -0.05) is 24.3 Å². The maximum atomic E-state index is 11.9. The van der Waals surface area contributed by atoms with Crippen molar-refractivity contribution in [2.45, 2.75) is 38.6 Å². The zero-order chi connectivity index (χ0) is 15.5. The first kappa shape index (κ1) is 17.5. The second kappa shape index (κ2) is 7.62. The standard InChI is InChI=1S/C17H22N4O.ClH/c1-12-11-19-21(17(12)20-16(22)9-10-18)15-8-4-6-13-5-2-3-7-14(13)15;/h2-3,5,7,11,15H,4,6,8-10,18H2,1H3,(H,20,22);1H. The van der Waals surface area contributed by atoms with Crippen molar-refractivity contribution < 1.29 is 4.79 Å². The summed E-state index contributed by atoms with van der Waals surface area (Å²) >= 11 is 0. The number of fused-ring (bicyclic) bond motifs is 1. The van der Waals surface area contributed by atoms with Crippen LogP contribution in [0.1, 0.15) is 42.0 Å². The third-order valence-electron chi connectivity index (χ3n) is 4.24. The molecule has 0 aliphatic heterocycles. The maximum Gasteiger partial charge on any atom is 0.226 e. The summed E-state index contributed by atoms with van der Waals surface area (Å²) in [4.78, 5) is 11.9. The van der Waals surface area contributed by atoms with Crippen molar-refractivity contribution in [3.63, 3.8) is 0 Å². The topological polar surface area (TPSA) is 72.9 Å². The number of nitrogens with one attached hydrogen (secondary N) is 1. The predicted molar refractivity (Wildman–Crippen MR) is 94.0 cm³/mol. The predicted octanol–water partition coefficient (Wildman–Crippen LogP) is 2.83. The summed E-state index contributed by atoms with van der Waals surface area (Å²) in [6.45, 7) is 2.32. The Hall–Kier alpha value is -1.85. The van der Waals surface area contributed by atoms with E-state index in [2.05, 4.69) is 34.7 Å². The van der Waals surface area contributed by atoms with Crippen molar-refractivity contribution in [3.8, 4) is 0 Å². The van der Waals surface area contributed by atoms with E-state index in [0.29, 0.717) is 13.0 Å². The van der Waals surface area contributed by atoms with Gasteiger partial charge in [-0.2, -0.15) is 5.10 Å². The molecule has 0 saturated heterocycles. The van der Waals surface area contributed by atoms with Gasteiger partial charge in [-0.3, -0.25) is 4.79 Å². The van der Waals surface area contributed by atoms with Crippen LogP contribution >= 0.6 is 12.4 Å². The lowest BCUT2D eigenvalue weighted by molar-refractivity contribution is -0.116. The number of nitrogens with zero attached hydrogens (tertiary/aromatic N) is 2. The molecule has 1 heterocycles. The highest BCUT2D eigenvalue weighted by molar-refractivity contribution is 5.90. The van der Waals surface area contributed by atoms with Crippen LogP contribution in [0, 0.1) is 6.92 Å². The first-order valence-corrected chi connectivity index (χ1v) is 7.82. The van der Waals surface area contributed by atoms with Crippen LogP contribution in [0.15, 0.2) is 30.5 Å². The van der Waals surface area contributed by atoms with Gasteiger partial charge in [0.1, 0.15) is 5.82 Å². The molecule has 0 bridgehead atoms. The smallest absolute Gasteiger partial charge is 0.226 e. The van der Waals surface area contributed by atoms with Crippen LogP contribution in [-0.2, 0) is 11.2 Å². The van der Waals surface area contributed by atoms with Crippen molar-refractivity contribution >= 4 is 24.1 Å². The van der Waals surface area contributed by atoms with E-state index < -0.39 is 0 Å². The molecule has 5 nitrogen and oxygen atoms in total. The van der Waals surface area contributed by atoms with E-state index in [-0.39, 0.29) is 24.4 Å². The highest BCUT2D eigenvalue weighted by Gasteiger charge is 2.25. The number of halogens is 1. The monoisotopic (exact) mass is 334 g/mol. The molecule has 1 aromatic carbocycles. The van der Waals surface area contributed by atoms with Gasteiger partial charge in [0, 0.05) is 18.5 Å². The highest BCUT2D eigenvalue weighted by Crippen LogP contribution is 2.35. The molecule has 2 aromatic rings. The van der Waals surface area contributed by atoms with Crippen molar-refractivity contribution in [2.24, 2.45) is 5.73 Å². The van der Waals surface area contributed by atoms with Crippen LogP contribution in [0.2, 0.25) is 0 Å². The molecule has 1 unspecified atom stereocenters. The third-order valence-corrected chi connectivity index (χ3v) is 4.24. The number of nitrogens with two attached hydrogens (primary N) is 1. The summed E-state index contributed by atoms with van der Waals surface area (Å²) in [6, 6.07) is 8.69. The SMILES string of the molecule is Cc1cnn(C2CCCc3ccccc32)c1NC(=O)CCN.Cl. The first-order valence-electron chi connectivity index (χ1n) is 7.82. The van der Waals surface area contributed by atoms with Gasteiger partial charge in [0.2, 0.25) is 5.91 Å². The molecule has 3 N–H and O–H groups in total. The molecule has 0 radical (unpaired) electrons. The quantitative estimate of drug-likeness (QED) is 0.903. The number of aryl methyl sites for hydroxylation is 2. The van der Waals surface area contributed by atoms with Crippen molar-refractivity contribution in [3.05, 3.63) is 47.2 Å². The average Bonchev–Trinajstić information content (AvgIpc) is 2.88. The Morgan fingerprint density at radius 2 is 2.22 bits per heavy atom. The van der Waals surface area contributed by atoms with Crippen LogP contribution in [0.25, 0.3) is 0 Å². The number of carbonyl (C=O) groups is 1. The number of amides is 1. The van der Waals surface area contributed by atoms with E-state index in [0.717, 1.165) is 30.6 Å². The Bertz CT molecular complexity index is 683. The van der Waals surface area contributed by atoms with Crippen molar-refractivity contribution in [2.75, 3.05) is 11.9 Å². The molecular formula is C17H23ClN4O. The Morgan fingerprint density at radius 3 is 3.00 bits per heavy atom. The molecule has 1 amide bonds. The van der Waals surface area contributed by atoms with Crippen LogP contribution in [0.4, 0.5) is 5.82 Å². The fourth-order valence-corrected chi connectivity index (χ4v) is 3.15. The van der Waals surface area contributed by atoms with E-state index in [4.69, 9.17) is 5.73 Å².